The summed E-state index contributed by atoms with van der Waals surface area (Å²) in [6.07, 6.45) is 1.42. The molecule has 4 nitrogen and oxygen atoms in total. The average Bonchev–Trinajstić information content (AvgIpc) is 2.32. The maximum atomic E-state index is 13.4. The van der Waals surface area contributed by atoms with E-state index in [-0.39, 0.29) is 5.69 Å². The molecule has 0 radical (unpaired) electrons. The fourth-order valence-corrected chi connectivity index (χ4v) is 2.08. The van der Waals surface area contributed by atoms with Crippen LogP contribution >= 0.6 is 0 Å². The number of hydrogen-bond donors (Lipinski definition) is 1. The summed E-state index contributed by atoms with van der Waals surface area (Å²) in [6, 6.07) is 2.73. The Morgan fingerprint density at radius 3 is 2.53 bits per heavy atom. The van der Waals surface area contributed by atoms with Crippen LogP contribution in [0.2, 0.25) is 0 Å². The van der Waals surface area contributed by atoms with Crippen molar-refractivity contribution in [2.24, 2.45) is 5.41 Å². The Hall–Kier alpha value is -1.98. The van der Waals surface area contributed by atoms with Gasteiger partial charge >= 0.3 is 5.97 Å². The summed E-state index contributed by atoms with van der Waals surface area (Å²) in [4.78, 5) is 23.7. The lowest BCUT2D eigenvalue weighted by Crippen LogP contribution is -2.49. The van der Waals surface area contributed by atoms with E-state index >= 15 is 0 Å². The number of rotatable bonds is 3. The van der Waals surface area contributed by atoms with Gasteiger partial charge in [0.05, 0.1) is 12.8 Å². The number of nitrogens with one attached hydrogen (secondary N) is 1. The third kappa shape index (κ3) is 2.30. The first-order chi connectivity index (χ1) is 8.99. The predicted octanol–water partition coefficient (Wildman–Crippen LogP) is 2.25. The summed E-state index contributed by atoms with van der Waals surface area (Å²) < 4.78 is 31.0. The van der Waals surface area contributed by atoms with Crippen LogP contribution in [-0.2, 0) is 14.3 Å². The Morgan fingerprint density at radius 1 is 1.32 bits per heavy atom. The van der Waals surface area contributed by atoms with Crippen molar-refractivity contribution in [2.75, 3.05) is 12.4 Å². The normalized spacial score (nSPS) is 16.4. The molecule has 102 valence electrons. The molecule has 0 bridgehead atoms. The summed E-state index contributed by atoms with van der Waals surface area (Å²) >= 11 is 0. The summed E-state index contributed by atoms with van der Waals surface area (Å²) in [5.41, 5.74) is -1.55. The molecule has 0 aliphatic heterocycles. The van der Waals surface area contributed by atoms with Crippen molar-refractivity contribution < 1.29 is 23.1 Å². The number of amides is 1. The van der Waals surface area contributed by atoms with E-state index in [4.69, 9.17) is 0 Å². The van der Waals surface area contributed by atoms with Crippen molar-refractivity contribution in [2.45, 2.75) is 19.3 Å². The number of benzene rings is 1. The molecule has 0 heterocycles. The molecule has 1 saturated carbocycles. The van der Waals surface area contributed by atoms with Crippen LogP contribution in [0.3, 0.4) is 0 Å². The fourth-order valence-electron chi connectivity index (χ4n) is 2.08. The van der Waals surface area contributed by atoms with Crippen LogP contribution < -0.4 is 5.32 Å². The molecule has 1 aliphatic carbocycles. The minimum atomic E-state index is -1.27. The SMILES string of the molecule is COC(=O)C1(C(=O)Nc2cc(F)ccc2F)CCC1. The highest BCUT2D eigenvalue weighted by Crippen LogP contribution is 2.43. The molecule has 0 atom stereocenters. The number of halogens is 2. The van der Waals surface area contributed by atoms with Gasteiger partial charge in [-0.1, -0.05) is 6.42 Å². The van der Waals surface area contributed by atoms with E-state index in [9.17, 15) is 18.4 Å². The van der Waals surface area contributed by atoms with E-state index in [1.165, 1.54) is 7.11 Å². The average molecular weight is 269 g/mol. The Labute approximate surface area is 108 Å². The number of ether oxygens (including phenoxy) is 1. The Balaban J connectivity index is 2.21. The summed E-state index contributed by atoms with van der Waals surface area (Å²) in [6.45, 7) is 0. The Bertz CT molecular complexity index is 527. The van der Waals surface area contributed by atoms with Gasteiger partial charge in [-0.2, -0.15) is 0 Å². The molecule has 1 N–H and O–H groups in total. The second-order valence-electron chi connectivity index (χ2n) is 4.51. The highest BCUT2D eigenvalue weighted by Gasteiger charge is 2.52. The first-order valence-electron chi connectivity index (χ1n) is 5.84. The first kappa shape index (κ1) is 13.5. The van der Waals surface area contributed by atoms with Crippen LogP contribution in [0.5, 0.6) is 0 Å². The second-order valence-corrected chi connectivity index (χ2v) is 4.51. The molecule has 1 aliphatic rings. The zero-order valence-corrected chi connectivity index (χ0v) is 10.3. The molecular formula is C13H13F2NO3. The van der Waals surface area contributed by atoms with Gasteiger partial charge in [0.2, 0.25) is 5.91 Å². The van der Waals surface area contributed by atoms with Gasteiger partial charge < -0.3 is 10.1 Å². The number of hydrogen-bond acceptors (Lipinski definition) is 3. The van der Waals surface area contributed by atoms with Gasteiger partial charge in [-0.05, 0) is 25.0 Å². The maximum Gasteiger partial charge on any atom is 0.321 e. The fraction of sp³-hybridized carbons (Fsp3) is 0.385. The van der Waals surface area contributed by atoms with E-state index in [0.29, 0.717) is 19.3 Å². The lowest BCUT2D eigenvalue weighted by molar-refractivity contribution is -0.163. The minimum Gasteiger partial charge on any atom is -0.468 e. The third-order valence-corrected chi connectivity index (χ3v) is 3.39. The lowest BCUT2D eigenvalue weighted by atomic mass is 9.68. The van der Waals surface area contributed by atoms with Gasteiger partial charge in [-0.25, -0.2) is 8.78 Å². The highest BCUT2D eigenvalue weighted by molar-refractivity contribution is 6.09. The molecule has 1 aromatic carbocycles. The van der Waals surface area contributed by atoms with Gasteiger partial charge in [-0.3, -0.25) is 9.59 Å². The standard InChI is InChI=1S/C13H13F2NO3/c1-19-12(18)13(5-2-6-13)11(17)16-10-7-8(14)3-4-9(10)15/h3-4,7H,2,5-6H2,1H3,(H,16,17). The molecule has 2 rings (SSSR count). The molecule has 6 heteroatoms. The number of carbonyl (C=O) groups excluding carboxylic acids is 2. The molecule has 0 unspecified atom stereocenters. The molecular weight excluding hydrogens is 256 g/mol. The smallest absolute Gasteiger partial charge is 0.321 e. The van der Waals surface area contributed by atoms with E-state index in [1.54, 1.807) is 0 Å². The quantitative estimate of drug-likeness (QED) is 0.676. The van der Waals surface area contributed by atoms with E-state index in [1.807, 2.05) is 0 Å². The Morgan fingerprint density at radius 2 is 2.00 bits per heavy atom. The van der Waals surface area contributed by atoms with Crippen molar-refractivity contribution in [3.8, 4) is 0 Å². The van der Waals surface area contributed by atoms with Crippen molar-refractivity contribution in [1.29, 1.82) is 0 Å². The maximum absolute atomic E-state index is 13.4. The number of carbonyl (C=O) groups is 2. The monoisotopic (exact) mass is 269 g/mol. The van der Waals surface area contributed by atoms with Gasteiger partial charge in [0, 0.05) is 6.07 Å². The minimum absolute atomic E-state index is 0.278. The molecule has 1 amide bonds. The predicted molar refractivity (Wildman–Crippen MR) is 63.3 cm³/mol. The van der Waals surface area contributed by atoms with E-state index in [0.717, 1.165) is 18.2 Å². The van der Waals surface area contributed by atoms with Crippen LogP contribution in [0.15, 0.2) is 18.2 Å². The van der Waals surface area contributed by atoms with Crippen LogP contribution in [0.1, 0.15) is 19.3 Å². The molecule has 0 saturated heterocycles. The zero-order chi connectivity index (χ0) is 14.0. The molecule has 0 aromatic heterocycles. The molecule has 1 aromatic rings. The third-order valence-electron chi connectivity index (χ3n) is 3.39. The summed E-state index contributed by atoms with van der Waals surface area (Å²) in [7, 11) is 1.19. The van der Waals surface area contributed by atoms with Crippen LogP contribution in [0, 0.1) is 17.0 Å². The van der Waals surface area contributed by atoms with E-state index < -0.39 is 28.9 Å². The van der Waals surface area contributed by atoms with Crippen molar-refractivity contribution in [3.05, 3.63) is 29.8 Å². The molecule has 1 fully saturated rings. The number of methoxy groups -OCH3 is 1. The summed E-state index contributed by atoms with van der Waals surface area (Å²) in [5, 5.41) is 2.25. The van der Waals surface area contributed by atoms with Crippen molar-refractivity contribution in [1.82, 2.24) is 0 Å². The van der Waals surface area contributed by atoms with Crippen LogP contribution in [-0.4, -0.2) is 19.0 Å². The first-order valence-corrected chi connectivity index (χ1v) is 5.84. The number of esters is 1. The molecule has 19 heavy (non-hydrogen) atoms. The van der Waals surface area contributed by atoms with Gasteiger partial charge in [0.15, 0.2) is 0 Å². The highest BCUT2D eigenvalue weighted by atomic mass is 19.1. The van der Waals surface area contributed by atoms with Crippen LogP contribution in [0.4, 0.5) is 14.5 Å². The van der Waals surface area contributed by atoms with Crippen LogP contribution in [0.25, 0.3) is 0 Å². The van der Waals surface area contributed by atoms with Gasteiger partial charge in [-0.15, -0.1) is 0 Å². The zero-order valence-electron chi connectivity index (χ0n) is 10.3. The topological polar surface area (TPSA) is 55.4 Å². The van der Waals surface area contributed by atoms with Gasteiger partial charge in [0.1, 0.15) is 17.0 Å². The Kier molecular flexibility index (Phi) is 3.50. The number of anilines is 1. The molecule has 0 spiro atoms. The second kappa shape index (κ2) is 4.95. The van der Waals surface area contributed by atoms with Gasteiger partial charge in [0.25, 0.3) is 0 Å². The van der Waals surface area contributed by atoms with Crippen molar-refractivity contribution in [3.63, 3.8) is 0 Å². The lowest BCUT2D eigenvalue weighted by Gasteiger charge is -2.36. The largest absolute Gasteiger partial charge is 0.468 e. The van der Waals surface area contributed by atoms with Crippen molar-refractivity contribution >= 4 is 17.6 Å². The summed E-state index contributed by atoms with van der Waals surface area (Å²) in [5.74, 6) is -2.73. The van der Waals surface area contributed by atoms with E-state index in [2.05, 4.69) is 10.1 Å².